The Hall–Kier alpha value is -3.05. The Labute approximate surface area is 208 Å². The lowest BCUT2D eigenvalue weighted by atomic mass is 9.65. The van der Waals surface area contributed by atoms with Crippen LogP contribution in [-0.2, 0) is 20.2 Å². The molecule has 3 aliphatic rings. The second kappa shape index (κ2) is 9.11. The van der Waals surface area contributed by atoms with Gasteiger partial charge in [0.05, 0.1) is 22.4 Å². The van der Waals surface area contributed by atoms with E-state index in [2.05, 4.69) is 27.2 Å². The van der Waals surface area contributed by atoms with Crippen molar-refractivity contribution in [1.29, 1.82) is 0 Å². The molecule has 0 aromatic heterocycles. The molecule has 2 aromatic carbocycles. The number of halogens is 2. The van der Waals surface area contributed by atoms with Crippen LogP contribution in [0.1, 0.15) is 54.9 Å². The van der Waals surface area contributed by atoms with Crippen LogP contribution in [-0.4, -0.2) is 50.8 Å². The molecule has 2 fully saturated rings. The Morgan fingerprint density at radius 3 is 2.50 bits per heavy atom. The fourth-order valence-corrected chi connectivity index (χ4v) is 6.44. The van der Waals surface area contributed by atoms with Crippen molar-refractivity contribution in [1.82, 2.24) is 10.2 Å². The fourth-order valence-electron chi connectivity index (χ4n) is 5.33. The Balaban J connectivity index is 1.49. The number of likely N-dealkylation sites (tertiary alicyclic amines) is 1. The Morgan fingerprint density at radius 2 is 1.89 bits per heavy atom. The van der Waals surface area contributed by atoms with Crippen LogP contribution in [0.3, 0.4) is 0 Å². The second-order valence-electron chi connectivity index (χ2n) is 9.70. The molecule has 1 aliphatic carbocycles. The van der Waals surface area contributed by atoms with Gasteiger partial charge in [-0.1, -0.05) is 13.3 Å². The van der Waals surface area contributed by atoms with Crippen LogP contribution in [0.2, 0.25) is 0 Å². The van der Waals surface area contributed by atoms with Crippen LogP contribution in [0, 0.1) is 11.6 Å². The first-order valence-electron chi connectivity index (χ1n) is 12.1. The Morgan fingerprint density at radius 1 is 1.17 bits per heavy atom. The molecule has 2 heterocycles. The summed E-state index contributed by atoms with van der Waals surface area (Å²) in [5.41, 5.74) is 0.328. The first-order valence-corrected chi connectivity index (χ1v) is 13.6. The van der Waals surface area contributed by atoms with Crippen molar-refractivity contribution in [2.24, 2.45) is 0 Å². The highest BCUT2D eigenvalue weighted by Gasteiger charge is 2.52. The van der Waals surface area contributed by atoms with Crippen molar-refractivity contribution < 1.29 is 26.8 Å². The zero-order valence-corrected chi connectivity index (χ0v) is 20.7. The molecule has 8 nitrogen and oxygen atoms in total. The molecule has 192 valence electrons. The Kier molecular flexibility index (Phi) is 6.24. The van der Waals surface area contributed by atoms with E-state index in [4.69, 9.17) is 0 Å². The van der Waals surface area contributed by atoms with Gasteiger partial charge in [-0.15, -0.1) is 0 Å². The first-order chi connectivity index (χ1) is 17.1. The van der Waals surface area contributed by atoms with Gasteiger partial charge in [-0.2, -0.15) is 0 Å². The van der Waals surface area contributed by atoms with Crippen LogP contribution in [0.25, 0.3) is 0 Å². The standard InChI is InChI=1S/C25H28F2N4O4S/c1-2-31-10-6-16(7-11-31)28-23(32)18-13-17(14-19-22(18)29-24(33)25(19)8-3-9-25)30-36(34,35)21-5-4-15(26)12-20(21)27/h4-5,12-14,16,30H,2-3,6-11H2,1H3,(H,28,32)(H,29,33). The third-order valence-electron chi connectivity index (χ3n) is 7.58. The summed E-state index contributed by atoms with van der Waals surface area (Å²) in [5.74, 6) is -2.75. The summed E-state index contributed by atoms with van der Waals surface area (Å²) in [6.07, 6.45) is 3.58. The molecule has 1 spiro atoms. The van der Waals surface area contributed by atoms with Crippen molar-refractivity contribution in [3.63, 3.8) is 0 Å². The molecule has 1 saturated heterocycles. The van der Waals surface area contributed by atoms with Gasteiger partial charge < -0.3 is 15.5 Å². The summed E-state index contributed by atoms with van der Waals surface area (Å²) < 4.78 is 55.8. The third-order valence-corrected chi connectivity index (χ3v) is 9.00. The van der Waals surface area contributed by atoms with E-state index in [1.807, 2.05) is 0 Å². The second-order valence-corrected chi connectivity index (χ2v) is 11.3. The molecule has 3 N–H and O–H groups in total. The minimum absolute atomic E-state index is 0.0335. The van der Waals surface area contributed by atoms with Gasteiger partial charge in [0.1, 0.15) is 16.5 Å². The highest BCUT2D eigenvalue weighted by atomic mass is 32.2. The van der Waals surface area contributed by atoms with Crippen LogP contribution >= 0.6 is 0 Å². The topological polar surface area (TPSA) is 108 Å². The van der Waals surface area contributed by atoms with Gasteiger partial charge in [-0.05, 0) is 62.1 Å². The summed E-state index contributed by atoms with van der Waals surface area (Å²) in [6, 6.07) is 5.03. The van der Waals surface area contributed by atoms with E-state index in [-0.39, 0.29) is 23.2 Å². The monoisotopic (exact) mass is 518 g/mol. The molecule has 2 aliphatic heterocycles. The minimum atomic E-state index is -4.43. The number of carbonyl (C=O) groups excluding carboxylic acids is 2. The summed E-state index contributed by atoms with van der Waals surface area (Å²) in [5, 5.41) is 5.87. The lowest BCUT2D eigenvalue weighted by molar-refractivity contribution is -0.123. The lowest BCUT2D eigenvalue weighted by Gasteiger charge is -2.36. The number of fused-ring (bicyclic) bond motifs is 2. The summed E-state index contributed by atoms with van der Waals surface area (Å²) in [4.78, 5) is 27.8. The molecule has 2 aromatic rings. The van der Waals surface area contributed by atoms with E-state index in [1.54, 1.807) is 0 Å². The van der Waals surface area contributed by atoms with Gasteiger partial charge in [0.15, 0.2) is 0 Å². The van der Waals surface area contributed by atoms with Gasteiger partial charge in [0, 0.05) is 25.2 Å². The van der Waals surface area contributed by atoms with Gasteiger partial charge in [-0.3, -0.25) is 14.3 Å². The maximum Gasteiger partial charge on any atom is 0.264 e. The number of anilines is 2. The number of benzene rings is 2. The van der Waals surface area contributed by atoms with Crippen molar-refractivity contribution >= 4 is 33.2 Å². The Bertz CT molecular complexity index is 1340. The quantitative estimate of drug-likeness (QED) is 0.544. The molecule has 11 heteroatoms. The molecule has 0 bridgehead atoms. The van der Waals surface area contributed by atoms with Crippen molar-refractivity contribution in [2.45, 2.75) is 55.4 Å². The maximum atomic E-state index is 14.2. The van der Waals surface area contributed by atoms with E-state index < -0.39 is 37.9 Å². The van der Waals surface area contributed by atoms with E-state index in [0.29, 0.717) is 30.2 Å². The zero-order chi connectivity index (χ0) is 25.7. The number of piperidine rings is 1. The molecular weight excluding hydrogens is 490 g/mol. The number of nitrogens with zero attached hydrogens (tertiary/aromatic N) is 1. The molecule has 5 rings (SSSR count). The number of amides is 2. The minimum Gasteiger partial charge on any atom is -0.349 e. The van der Waals surface area contributed by atoms with Crippen LogP contribution in [0.4, 0.5) is 20.2 Å². The third kappa shape index (κ3) is 4.24. The number of sulfonamides is 1. The van der Waals surface area contributed by atoms with Crippen molar-refractivity contribution in [3.8, 4) is 0 Å². The van der Waals surface area contributed by atoms with Gasteiger partial charge in [0.25, 0.3) is 15.9 Å². The highest BCUT2D eigenvalue weighted by molar-refractivity contribution is 7.92. The van der Waals surface area contributed by atoms with Crippen LogP contribution in [0.15, 0.2) is 35.2 Å². The van der Waals surface area contributed by atoms with Gasteiger partial charge in [0.2, 0.25) is 5.91 Å². The largest absolute Gasteiger partial charge is 0.349 e. The zero-order valence-electron chi connectivity index (χ0n) is 19.9. The SMILES string of the molecule is CCN1CCC(NC(=O)c2cc(NS(=O)(=O)c3ccc(F)cc3F)cc3c2NC(=O)C32CCC2)CC1. The number of nitrogens with one attached hydrogen (secondary N) is 3. The van der Waals surface area contributed by atoms with Crippen LogP contribution < -0.4 is 15.4 Å². The predicted molar refractivity (Wildman–Crippen MR) is 130 cm³/mol. The number of hydrogen-bond acceptors (Lipinski definition) is 5. The average Bonchev–Trinajstić information content (AvgIpc) is 3.10. The van der Waals surface area contributed by atoms with E-state index >= 15 is 0 Å². The predicted octanol–water partition coefficient (Wildman–Crippen LogP) is 3.35. The molecule has 0 radical (unpaired) electrons. The van der Waals surface area contributed by atoms with Crippen molar-refractivity contribution in [3.05, 3.63) is 53.1 Å². The number of hydrogen-bond donors (Lipinski definition) is 3. The molecule has 2 amide bonds. The average molecular weight is 519 g/mol. The molecule has 0 atom stereocenters. The maximum absolute atomic E-state index is 14.2. The summed E-state index contributed by atoms with van der Waals surface area (Å²) in [7, 11) is -4.43. The lowest BCUT2D eigenvalue weighted by Crippen LogP contribution is -2.44. The number of rotatable bonds is 6. The van der Waals surface area contributed by atoms with Crippen molar-refractivity contribution in [2.75, 3.05) is 29.7 Å². The van der Waals surface area contributed by atoms with E-state index in [9.17, 15) is 26.8 Å². The molecular formula is C25H28F2N4O4S. The van der Waals surface area contributed by atoms with Gasteiger partial charge >= 0.3 is 0 Å². The van der Waals surface area contributed by atoms with E-state index in [1.165, 1.54) is 12.1 Å². The summed E-state index contributed by atoms with van der Waals surface area (Å²) >= 11 is 0. The van der Waals surface area contributed by atoms with Gasteiger partial charge in [-0.25, -0.2) is 17.2 Å². The van der Waals surface area contributed by atoms with E-state index in [0.717, 1.165) is 51.0 Å². The molecule has 0 unspecified atom stereocenters. The van der Waals surface area contributed by atoms with Crippen LogP contribution in [0.5, 0.6) is 0 Å². The smallest absolute Gasteiger partial charge is 0.264 e. The molecule has 1 saturated carbocycles. The first kappa shape index (κ1) is 24.6. The highest BCUT2D eigenvalue weighted by Crippen LogP contribution is 2.52. The number of carbonyl (C=O) groups is 2. The fraction of sp³-hybridized carbons (Fsp3) is 0.440. The summed E-state index contributed by atoms with van der Waals surface area (Å²) in [6.45, 7) is 4.76. The molecule has 36 heavy (non-hydrogen) atoms. The normalized spacial score (nSPS) is 19.5.